The zero-order chi connectivity index (χ0) is 25.9. The first-order valence-electron chi connectivity index (χ1n) is 11.5. The molecule has 0 saturated carbocycles. The summed E-state index contributed by atoms with van der Waals surface area (Å²) in [7, 11) is 0.527. The Balaban J connectivity index is 1.58. The van der Waals surface area contributed by atoms with E-state index in [0.717, 1.165) is 46.5 Å². The second-order valence-electron chi connectivity index (χ2n) is 8.88. The second-order valence-corrected chi connectivity index (χ2v) is 10.6. The molecule has 36 heavy (non-hydrogen) atoms. The Bertz CT molecular complexity index is 1490. The number of nitrogens with one attached hydrogen (secondary N) is 3. The molecule has 0 spiro atoms. The van der Waals surface area contributed by atoms with Gasteiger partial charge >= 0.3 is 6.03 Å². The van der Waals surface area contributed by atoms with Gasteiger partial charge in [0.25, 0.3) is 0 Å². The minimum atomic E-state index is -3.38. The number of sulfonamides is 1. The lowest BCUT2D eigenvalue weighted by molar-refractivity contribution is 0.250. The molecular weight excluding hydrogens is 476 g/mol. The molecule has 1 heterocycles. The van der Waals surface area contributed by atoms with Crippen LogP contribution in [-0.2, 0) is 10.0 Å². The maximum atomic E-state index is 12.1. The smallest absolute Gasteiger partial charge is 0.319 e. The Hall–Kier alpha value is -3.89. The van der Waals surface area contributed by atoms with E-state index in [0.29, 0.717) is 17.9 Å². The lowest BCUT2D eigenvalue weighted by atomic mass is 10.0. The largest absolute Gasteiger partial charge is 0.337 e. The van der Waals surface area contributed by atoms with Crippen LogP contribution in [0.25, 0.3) is 27.8 Å². The minimum absolute atomic E-state index is 0.238. The van der Waals surface area contributed by atoms with Crippen LogP contribution in [-0.4, -0.2) is 62.3 Å². The van der Waals surface area contributed by atoms with Crippen LogP contribution in [0, 0.1) is 6.92 Å². The summed E-state index contributed by atoms with van der Waals surface area (Å²) in [5.74, 6) is 0.790. The van der Waals surface area contributed by atoms with E-state index in [1.807, 2.05) is 73.0 Å². The predicted molar refractivity (Wildman–Crippen MR) is 145 cm³/mol. The van der Waals surface area contributed by atoms with Crippen LogP contribution in [0.15, 0.2) is 66.7 Å². The fourth-order valence-corrected chi connectivity index (χ4v) is 4.49. The predicted octanol–water partition coefficient (Wildman–Crippen LogP) is 4.06. The molecule has 0 aliphatic rings. The number of likely N-dealkylation sites (N-methyl/N-ethyl adjacent to an activating group) is 1. The monoisotopic (exact) mass is 506 g/mol. The summed E-state index contributed by atoms with van der Waals surface area (Å²) in [5, 5.41) is 5.68. The number of imidazole rings is 1. The Kier molecular flexibility index (Phi) is 7.27. The van der Waals surface area contributed by atoms with Gasteiger partial charge in [-0.25, -0.2) is 18.2 Å². The molecule has 4 aromatic rings. The highest BCUT2D eigenvalue weighted by molar-refractivity contribution is 7.92. The van der Waals surface area contributed by atoms with E-state index in [4.69, 9.17) is 0 Å². The molecule has 0 radical (unpaired) electrons. The molecule has 3 aromatic carbocycles. The van der Waals surface area contributed by atoms with E-state index < -0.39 is 10.0 Å². The summed E-state index contributed by atoms with van der Waals surface area (Å²) < 4.78 is 27.9. The van der Waals surface area contributed by atoms with E-state index in [9.17, 15) is 13.2 Å². The van der Waals surface area contributed by atoms with Crippen molar-refractivity contribution < 1.29 is 13.2 Å². The molecule has 3 N–H and O–H groups in total. The van der Waals surface area contributed by atoms with Gasteiger partial charge in [-0.2, -0.15) is 0 Å². The zero-order valence-corrected chi connectivity index (χ0v) is 21.6. The van der Waals surface area contributed by atoms with Gasteiger partial charge in [0.15, 0.2) is 0 Å². The number of urea groups is 1. The molecule has 0 bridgehead atoms. The van der Waals surface area contributed by atoms with Gasteiger partial charge in [0.1, 0.15) is 5.82 Å². The number of hydrogen-bond acceptors (Lipinski definition) is 5. The van der Waals surface area contributed by atoms with Gasteiger partial charge in [-0.05, 0) is 74.6 Å². The first kappa shape index (κ1) is 25.2. The summed E-state index contributed by atoms with van der Waals surface area (Å²) in [4.78, 5) is 18.8. The summed E-state index contributed by atoms with van der Waals surface area (Å²) in [5.41, 5.74) is 5.74. The van der Waals surface area contributed by atoms with E-state index >= 15 is 0 Å². The Morgan fingerprint density at radius 2 is 1.69 bits per heavy atom. The second kappa shape index (κ2) is 10.4. The van der Waals surface area contributed by atoms with Gasteiger partial charge in [-0.1, -0.05) is 24.3 Å². The van der Waals surface area contributed by atoms with Crippen molar-refractivity contribution >= 4 is 38.5 Å². The molecule has 10 heteroatoms. The average Bonchev–Trinajstić information content (AvgIpc) is 3.13. The molecule has 2 amide bonds. The van der Waals surface area contributed by atoms with Gasteiger partial charge in [0.05, 0.1) is 23.0 Å². The molecule has 0 saturated heterocycles. The van der Waals surface area contributed by atoms with E-state index in [1.165, 1.54) is 0 Å². The van der Waals surface area contributed by atoms with Crippen LogP contribution in [0.5, 0.6) is 0 Å². The van der Waals surface area contributed by atoms with Crippen molar-refractivity contribution in [3.63, 3.8) is 0 Å². The van der Waals surface area contributed by atoms with Gasteiger partial charge in [-0.3, -0.25) is 9.29 Å². The normalized spacial score (nSPS) is 11.6. The number of benzene rings is 3. The number of nitrogens with zero attached hydrogens (tertiary/aromatic N) is 3. The number of carbonyl (C=O) groups excluding carboxylic acids is 1. The summed E-state index contributed by atoms with van der Waals surface area (Å²) in [6.45, 7) is 3.25. The number of hydrogen-bond donors (Lipinski definition) is 3. The highest BCUT2D eigenvalue weighted by Gasteiger charge is 2.12. The van der Waals surface area contributed by atoms with Crippen LogP contribution in [0.2, 0.25) is 0 Å². The van der Waals surface area contributed by atoms with Crippen molar-refractivity contribution in [1.29, 1.82) is 0 Å². The Morgan fingerprint density at radius 3 is 2.39 bits per heavy atom. The SMILES string of the molecule is Cc1nc2ccc(-c3ccc(NC(=O)NCCN(C)C)cc3)cc2n1-c1cccc(NS(C)(=O)=O)c1. The molecule has 0 fully saturated rings. The third kappa shape index (κ3) is 6.21. The number of aryl methyl sites for hydroxylation is 1. The molecule has 1 aromatic heterocycles. The summed E-state index contributed by atoms with van der Waals surface area (Å²) in [6.07, 6.45) is 1.13. The molecule has 9 nitrogen and oxygen atoms in total. The fourth-order valence-electron chi connectivity index (χ4n) is 3.94. The number of amides is 2. The Labute approximate surface area is 211 Å². The number of anilines is 2. The molecule has 0 aliphatic carbocycles. The number of aromatic nitrogens is 2. The maximum Gasteiger partial charge on any atom is 0.319 e. The lowest BCUT2D eigenvalue weighted by Gasteiger charge is -2.12. The summed E-state index contributed by atoms with van der Waals surface area (Å²) >= 11 is 0. The van der Waals surface area contributed by atoms with Gasteiger partial charge in [-0.15, -0.1) is 0 Å². The van der Waals surface area contributed by atoms with Gasteiger partial charge in [0, 0.05) is 24.5 Å². The third-order valence-corrected chi connectivity index (χ3v) is 6.16. The molecule has 0 atom stereocenters. The highest BCUT2D eigenvalue weighted by atomic mass is 32.2. The molecular formula is C26H30N6O3S. The third-order valence-electron chi connectivity index (χ3n) is 5.55. The first-order chi connectivity index (χ1) is 17.1. The van der Waals surface area contributed by atoms with Crippen LogP contribution in [0.3, 0.4) is 0 Å². The van der Waals surface area contributed by atoms with Gasteiger partial charge in [0.2, 0.25) is 10.0 Å². The minimum Gasteiger partial charge on any atom is -0.337 e. The number of carbonyl (C=O) groups is 1. The van der Waals surface area contributed by atoms with E-state index in [-0.39, 0.29) is 6.03 Å². The molecule has 188 valence electrons. The van der Waals surface area contributed by atoms with E-state index in [2.05, 4.69) is 26.4 Å². The zero-order valence-electron chi connectivity index (χ0n) is 20.7. The maximum absolute atomic E-state index is 12.1. The Morgan fingerprint density at radius 1 is 0.972 bits per heavy atom. The topological polar surface area (TPSA) is 108 Å². The average molecular weight is 507 g/mol. The highest BCUT2D eigenvalue weighted by Crippen LogP contribution is 2.29. The quantitative estimate of drug-likeness (QED) is 0.334. The standard InChI is InChI=1S/C26H30N6O3S/c1-18-28-24-13-10-20(19-8-11-21(12-9-19)29-26(33)27-14-15-31(2)3)16-25(24)32(18)23-7-5-6-22(17-23)30-36(4,34)35/h5-13,16-17,30H,14-15H2,1-4H3,(H2,27,29,33). The number of rotatable bonds is 8. The number of fused-ring (bicyclic) bond motifs is 1. The molecule has 0 aliphatic heterocycles. The van der Waals surface area contributed by atoms with Gasteiger partial charge < -0.3 is 15.5 Å². The van der Waals surface area contributed by atoms with Crippen molar-refractivity contribution in [3.8, 4) is 16.8 Å². The van der Waals surface area contributed by atoms with Crippen LogP contribution >= 0.6 is 0 Å². The first-order valence-corrected chi connectivity index (χ1v) is 13.4. The van der Waals surface area contributed by atoms with Crippen molar-refractivity contribution in [2.24, 2.45) is 0 Å². The molecule has 4 rings (SSSR count). The van der Waals surface area contributed by atoms with Crippen molar-refractivity contribution in [2.45, 2.75) is 6.92 Å². The van der Waals surface area contributed by atoms with Crippen molar-refractivity contribution in [3.05, 3.63) is 72.6 Å². The summed E-state index contributed by atoms with van der Waals surface area (Å²) in [6, 6.07) is 20.7. The van der Waals surface area contributed by atoms with Crippen LogP contribution in [0.4, 0.5) is 16.2 Å². The van der Waals surface area contributed by atoms with E-state index in [1.54, 1.807) is 18.2 Å². The van der Waals surface area contributed by atoms with Crippen LogP contribution in [0.1, 0.15) is 5.82 Å². The van der Waals surface area contributed by atoms with Crippen LogP contribution < -0.4 is 15.4 Å². The fraction of sp³-hybridized carbons (Fsp3) is 0.231. The lowest BCUT2D eigenvalue weighted by Crippen LogP contribution is -2.34. The van der Waals surface area contributed by atoms with Crippen molar-refractivity contribution in [2.75, 3.05) is 43.5 Å². The molecule has 0 unspecified atom stereocenters. The van der Waals surface area contributed by atoms with Crippen molar-refractivity contribution in [1.82, 2.24) is 19.8 Å².